The number of carbonyl (C=O) groups excluding carboxylic acids is 1. The summed E-state index contributed by atoms with van der Waals surface area (Å²) < 4.78 is 24.3. The van der Waals surface area contributed by atoms with Crippen molar-refractivity contribution in [1.29, 1.82) is 0 Å². The number of carbonyl (C=O) groups is 1. The minimum atomic E-state index is -0.463. The zero-order valence-electron chi connectivity index (χ0n) is 15.1. The lowest BCUT2D eigenvalue weighted by atomic mass is 9.93. The van der Waals surface area contributed by atoms with Crippen molar-refractivity contribution in [1.82, 2.24) is 10.2 Å². The topological polar surface area (TPSA) is 50.8 Å². The van der Waals surface area contributed by atoms with E-state index in [1.807, 2.05) is 0 Å². The summed E-state index contributed by atoms with van der Waals surface area (Å²) in [6.45, 7) is 5.51. The van der Waals surface area contributed by atoms with Crippen LogP contribution in [0.15, 0.2) is 24.3 Å². The van der Waals surface area contributed by atoms with Crippen molar-refractivity contribution in [3.05, 3.63) is 35.6 Å². The molecular formula is C20H27FN2O3. The molecule has 2 saturated heterocycles. The molecule has 0 radical (unpaired) electrons. The van der Waals surface area contributed by atoms with Crippen LogP contribution in [0.3, 0.4) is 0 Å². The van der Waals surface area contributed by atoms with E-state index < -0.39 is 5.41 Å². The molecule has 26 heavy (non-hydrogen) atoms. The van der Waals surface area contributed by atoms with Gasteiger partial charge in [-0.05, 0) is 37.0 Å². The zero-order valence-corrected chi connectivity index (χ0v) is 15.1. The molecule has 0 spiro atoms. The number of benzene rings is 1. The van der Waals surface area contributed by atoms with Crippen molar-refractivity contribution >= 4 is 5.91 Å². The molecule has 3 aliphatic rings. The first-order chi connectivity index (χ1) is 12.7. The van der Waals surface area contributed by atoms with Crippen LogP contribution in [0.5, 0.6) is 0 Å². The van der Waals surface area contributed by atoms with E-state index in [4.69, 9.17) is 9.47 Å². The van der Waals surface area contributed by atoms with E-state index in [2.05, 4.69) is 10.2 Å². The minimum Gasteiger partial charge on any atom is -0.381 e. The van der Waals surface area contributed by atoms with Crippen molar-refractivity contribution in [3.63, 3.8) is 0 Å². The van der Waals surface area contributed by atoms with Crippen molar-refractivity contribution in [3.8, 4) is 0 Å². The quantitative estimate of drug-likeness (QED) is 0.837. The average molecular weight is 362 g/mol. The number of hydrogen-bond donors (Lipinski definition) is 1. The first-order valence-corrected chi connectivity index (χ1v) is 9.63. The Labute approximate surface area is 153 Å². The summed E-state index contributed by atoms with van der Waals surface area (Å²) in [7, 11) is 0. The highest BCUT2D eigenvalue weighted by Gasteiger charge is 2.51. The van der Waals surface area contributed by atoms with Crippen LogP contribution in [0, 0.1) is 11.7 Å². The second-order valence-electron chi connectivity index (χ2n) is 7.64. The predicted octanol–water partition coefficient (Wildman–Crippen LogP) is 1.71. The molecule has 4 rings (SSSR count). The van der Waals surface area contributed by atoms with E-state index in [-0.39, 0.29) is 17.8 Å². The van der Waals surface area contributed by atoms with Gasteiger partial charge in [-0.1, -0.05) is 12.1 Å². The van der Waals surface area contributed by atoms with E-state index in [9.17, 15) is 9.18 Å². The molecule has 142 valence electrons. The summed E-state index contributed by atoms with van der Waals surface area (Å²) in [4.78, 5) is 15.4. The number of nitrogens with one attached hydrogen (secondary N) is 1. The van der Waals surface area contributed by atoms with Gasteiger partial charge in [-0.2, -0.15) is 0 Å². The molecule has 1 saturated carbocycles. The summed E-state index contributed by atoms with van der Waals surface area (Å²) >= 11 is 0. The van der Waals surface area contributed by atoms with Crippen molar-refractivity contribution in [2.24, 2.45) is 5.92 Å². The first-order valence-electron chi connectivity index (χ1n) is 9.63. The van der Waals surface area contributed by atoms with E-state index in [1.165, 1.54) is 12.1 Å². The van der Waals surface area contributed by atoms with Gasteiger partial charge in [0.05, 0.1) is 25.2 Å². The Balaban J connectivity index is 1.41. The Morgan fingerprint density at radius 1 is 1.19 bits per heavy atom. The number of amides is 1. The molecule has 5 nitrogen and oxygen atoms in total. The van der Waals surface area contributed by atoms with Gasteiger partial charge in [0.25, 0.3) is 0 Å². The van der Waals surface area contributed by atoms with E-state index in [0.717, 1.165) is 64.3 Å². The van der Waals surface area contributed by atoms with Crippen LogP contribution in [0.2, 0.25) is 0 Å². The van der Waals surface area contributed by atoms with Gasteiger partial charge in [0.1, 0.15) is 5.82 Å². The molecule has 0 bridgehead atoms. The molecule has 2 unspecified atom stereocenters. The van der Waals surface area contributed by atoms with Crippen LogP contribution in [0.4, 0.5) is 4.39 Å². The Morgan fingerprint density at radius 3 is 2.54 bits per heavy atom. The maximum absolute atomic E-state index is 13.2. The maximum Gasteiger partial charge on any atom is 0.230 e. The van der Waals surface area contributed by atoms with Crippen LogP contribution >= 0.6 is 0 Å². The molecular weight excluding hydrogens is 335 g/mol. The maximum atomic E-state index is 13.2. The van der Waals surface area contributed by atoms with Gasteiger partial charge in [-0.3, -0.25) is 9.69 Å². The second-order valence-corrected chi connectivity index (χ2v) is 7.64. The molecule has 6 heteroatoms. The molecule has 1 aromatic carbocycles. The fraction of sp³-hybridized carbons (Fsp3) is 0.650. The fourth-order valence-electron chi connectivity index (χ4n) is 4.27. The van der Waals surface area contributed by atoms with E-state index >= 15 is 0 Å². The van der Waals surface area contributed by atoms with Gasteiger partial charge in [-0.25, -0.2) is 4.39 Å². The Morgan fingerprint density at radius 2 is 1.92 bits per heavy atom. The third-order valence-electron chi connectivity index (χ3n) is 6.08. The van der Waals surface area contributed by atoms with Crippen LogP contribution in [0.25, 0.3) is 0 Å². The number of halogens is 1. The third kappa shape index (κ3) is 3.63. The van der Waals surface area contributed by atoms with E-state index in [0.29, 0.717) is 12.5 Å². The Bertz CT molecular complexity index is 620. The smallest absolute Gasteiger partial charge is 0.230 e. The van der Waals surface area contributed by atoms with Crippen LogP contribution in [0.1, 0.15) is 24.8 Å². The number of morpholine rings is 1. The average Bonchev–Trinajstić information content (AvgIpc) is 3.31. The standard InChI is InChI=1S/C20H27FN2O3/c21-17-3-1-16(2-4-17)20(6-7-20)19(24)22-13-18(15-5-10-26-14-15)23-8-11-25-12-9-23/h1-4,15,18H,5-14H2,(H,22,24). The van der Waals surface area contributed by atoms with Gasteiger partial charge < -0.3 is 14.8 Å². The Kier molecular flexibility index (Phi) is 5.25. The van der Waals surface area contributed by atoms with Crippen LogP contribution in [-0.4, -0.2) is 62.9 Å². The molecule has 0 aromatic heterocycles. The first kappa shape index (κ1) is 17.9. The van der Waals surface area contributed by atoms with Crippen LogP contribution < -0.4 is 5.32 Å². The molecule has 1 aromatic rings. The molecule has 2 atom stereocenters. The van der Waals surface area contributed by atoms with Gasteiger partial charge in [0.15, 0.2) is 0 Å². The highest BCUT2D eigenvalue weighted by molar-refractivity contribution is 5.91. The summed E-state index contributed by atoms with van der Waals surface area (Å²) in [5.74, 6) is 0.259. The summed E-state index contributed by atoms with van der Waals surface area (Å²) in [5, 5.41) is 3.20. The Hall–Kier alpha value is -1.50. The molecule has 2 aliphatic heterocycles. The van der Waals surface area contributed by atoms with Gasteiger partial charge in [0, 0.05) is 38.2 Å². The lowest BCUT2D eigenvalue weighted by Gasteiger charge is -2.37. The SMILES string of the molecule is O=C(NCC(C1CCOC1)N1CCOCC1)C1(c2ccc(F)cc2)CC1. The third-order valence-corrected chi connectivity index (χ3v) is 6.08. The van der Waals surface area contributed by atoms with Crippen molar-refractivity contribution in [2.45, 2.75) is 30.7 Å². The van der Waals surface area contributed by atoms with Gasteiger partial charge in [-0.15, -0.1) is 0 Å². The second kappa shape index (κ2) is 7.62. The van der Waals surface area contributed by atoms with Gasteiger partial charge in [0.2, 0.25) is 5.91 Å². The van der Waals surface area contributed by atoms with E-state index in [1.54, 1.807) is 12.1 Å². The number of rotatable bonds is 6. The van der Waals surface area contributed by atoms with Crippen molar-refractivity contribution in [2.75, 3.05) is 46.1 Å². The fourth-order valence-corrected chi connectivity index (χ4v) is 4.27. The molecule has 1 N–H and O–H groups in total. The zero-order chi connectivity index (χ0) is 18.0. The predicted molar refractivity (Wildman–Crippen MR) is 95.4 cm³/mol. The van der Waals surface area contributed by atoms with Crippen LogP contribution in [-0.2, 0) is 19.7 Å². The minimum absolute atomic E-state index is 0.0706. The molecule has 1 aliphatic carbocycles. The lowest BCUT2D eigenvalue weighted by molar-refractivity contribution is -0.124. The molecule has 1 amide bonds. The number of hydrogen-bond acceptors (Lipinski definition) is 4. The molecule has 2 heterocycles. The summed E-state index contributed by atoms with van der Waals surface area (Å²) in [6.07, 6.45) is 2.71. The van der Waals surface area contributed by atoms with Crippen molar-refractivity contribution < 1.29 is 18.7 Å². The molecule has 3 fully saturated rings. The summed E-state index contributed by atoms with van der Waals surface area (Å²) in [5.41, 5.74) is 0.457. The highest BCUT2D eigenvalue weighted by Crippen LogP contribution is 2.48. The summed E-state index contributed by atoms with van der Waals surface area (Å²) in [6, 6.07) is 6.65. The monoisotopic (exact) mass is 362 g/mol. The largest absolute Gasteiger partial charge is 0.381 e. The number of nitrogens with zero attached hydrogens (tertiary/aromatic N) is 1. The number of ether oxygens (including phenoxy) is 2. The normalized spacial score (nSPS) is 26.4. The lowest BCUT2D eigenvalue weighted by Crippen LogP contribution is -2.53. The van der Waals surface area contributed by atoms with Gasteiger partial charge >= 0.3 is 0 Å². The highest BCUT2D eigenvalue weighted by atomic mass is 19.1.